The summed E-state index contributed by atoms with van der Waals surface area (Å²) in [5.41, 5.74) is 2.51. The second kappa shape index (κ2) is 30.9. The van der Waals surface area contributed by atoms with E-state index >= 15 is 0 Å². The van der Waals surface area contributed by atoms with Gasteiger partial charge in [-0.1, -0.05) is 72.8 Å². The summed E-state index contributed by atoms with van der Waals surface area (Å²) in [6.45, 7) is -0.256. The largest absolute Gasteiger partial charge is 0.405 e. The molecule has 0 spiro atoms. The van der Waals surface area contributed by atoms with E-state index in [0.29, 0.717) is 23.1 Å². The van der Waals surface area contributed by atoms with Crippen LogP contribution in [0.3, 0.4) is 0 Å². The van der Waals surface area contributed by atoms with E-state index in [0.717, 1.165) is 33.1 Å². The Balaban J connectivity index is 1.20. The molecule has 1 atom stereocenters. The summed E-state index contributed by atoms with van der Waals surface area (Å²) in [5.74, 6) is -5.41. The number of fused-ring (bicyclic) bond motifs is 2. The number of carbonyl (C=O) groups excluding carboxylic acids is 7. The van der Waals surface area contributed by atoms with Gasteiger partial charge in [-0.05, 0) is 73.2 Å². The molecule has 3 aliphatic rings. The van der Waals surface area contributed by atoms with E-state index in [-0.39, 0.29) is 114 Å². The van der Waals surface area contributed by atoms with Crippen molar-refractivity contribution < 1.29 is 48.0 Å². The number of benzene rings is 2. The molecule has 0 saturated heterocycles. The highest BCUT2D eigenvalue weighted by molar-refractivity contribution is 5.99. The summed E-state index contributed by atoms with van der Waals surface area (Å²) >= 11 is 0. The standard InChI is InChI=1S/C59H68N12O14/c1-66-47(19-11-21-49(66)72)58(81)68-31-9-10-32-69(59(82)48-20-12-22-50(73)70(48)84-38-40-15-5-3-6-16-40)34-14-28-61-51(74)42-23-25-45(67(2)56(42)79)54(77)64-37-44(53(76)63-30-36-83-35-27-60)65-55(78)46-26-24-43(52(75)62-29-13-33-68)57(80)71(46)85-39-41-17-7-4-8-18-41/h3-8,11-12,15-26,44H,9-10,13-14,27-39,60H2,1-2H3,(H,61,74)(H,62,75)(H,63,76)(H,64,77)(H,65,78). The van der Waals surface area contributed by atoms with Crippen molar-refractivity contribution in [3.05, 3.63) is 208 Å². The lowest BCUT2D eigenvalue weighted by molar-refractivity contribution is -0.123. The molecule has 26 nitrogen and oxygen atoms in total. The van der Waals surface area contributed by atoms with Gasteiger partial charge < -0.3 is 65.7 Å². The second-order valence-corrected chi connectivity index (χ2v) is 19.5. The third kappa shape index (κ3) is 16.8. The molecule has 0 radical (unpaired) electrons. The predicted molar refractivity (Wildman–Crippen MR) is 310 cm³/mol. The summed E-state index contributed by atoms with van der Waals surface area (Å²) in [6, 6.07) is 29.1. The topological polar surface area (TPSA) is 328 Å². The fourth-order valence-electron chi connectivity index (χ4n) is 8.97. The predicted octanol–water partition coefficient (Wildman–Crippen LogP) is -0.397. The van der Waals surface area contributed by atoms with Gasteiger partial charge in [0, 0.05) is 85.1 Å². The van der Waals surface area contributed by atoms with E-state index in [1.807, 2.05) is 6.07 Å². The molecule has 85 heavy (non-hydrogen) atoms. The Bertz CT molecular complexity index is 3600. The van der Waals surface area contributed by atoms with Crippen molar-refractivity contribution >= 4 is 41.4 Å². The van der Waals surface area contributed by atoms with Crippen LogP contribution in [0.4, 0.5) is 0 Å². The van der Waals surface area contributed by atoms with E-state index in [4.69, 9.17) is 20.1 Å². The van der Waals surface area contributed by atoms with Crippen LogP contribution in [0.2, 0.25) is 0 Å². The minimum Gasteiger partial charge on any atom is -0.405 e. The van der Waals surface area contributed by atoms with Crippen LogP contribution in [-0.4, -0.2) is 148 Å². The molecule has 6 aromatic rings. The zero-order valence-corrected chi connectivity index (χ0v) is 47.1. The number of ether oxygens (including phenoxy) is 1. The van der Waals surface area contributed by atoms with Gasteiger partial charge in [-0.3, -0.25) is 52.7 Å². The number of nitrogens with zero attached hydrogens (tertiary/aromatic N) is 6. The number of nitrogens with two attached hydrogens (primary N) is 1. The normalized spacial score (nSPS) is 15.2. The van der Waals surface area contributed by atoms with Crippen LogP contribution in [0.15, 0.2) is 141 Å². The van der Waals surface area contributed by atoms with Crippen molar-refractivity contribution in [1.29, 1.82) is 0 Å². The molecule has 4 bridgehead atoms. The quantitative estimate of drug-likeness (QED) is 0.0757. The molecule has 448 valence electrons. The van der Waals surface area contributed by atoms with Crippen LogP contribution in [0.25, 0.3) is 0 Å². The van der Waals surface area contributed by atoms with Crippen molar-refractivity contribution in [3.63, 3.8) is 0 Å². The summed E-state index contributed by atoms with van der Waals surface area (Å²) < 4.78 is 9.05. The van der Waals surface area contributed by atoms with Gasteiger partial charge >= 0.3 is 0 Å². The SMILES string of the molecule is Cn1c(C(=O)N2CCCCN(C(=O)c3cccc(=O)n3OCc3ccccc3)CCCNC(=O)c3ccc(n(C)c3=O)C(=O)NCC(C(=O)NCCOCCN)NC(=O)c3ccc(c(=O)n3OCc3ccccc3)C(=O)NCCC2)cccc1=O. The van der Waals surface area contributed by atoms with Crippen molar-refractivity contribution in [1.82, 2.24) is 55.0 Å². The number of aromatic nitrogens is 4. The number of nitrogens with one attached hydrogen (secondary N) is 5. The minimum absolute atomic E-state index is 0.0287. The number of hydrogen-bond donors (Lipinski definition) is 6. The Hall–Kier alpha value is -9.95. The summed E-state index contributed by atoms with van der Waals surface area (Å²) in [5, 5.41) is 13.1. The maximum atomic E-state index is 14.5. The fourth-order valence-corrected chi connectivity index (χ4v) is 8.97. The van der Waals surface area contributed by atoms with Crippen LogP contribution in [0, 0.1) is 0 Å². The van der Waals surface area contributed by atoms with E-state index in [1.54, 1.807) is 54.6 Å². The van der Waals surface area contributed by atoms with Gasteiger partial charge in [-0.25, -0.2) is 0 Å². The van der Waals surface area contributed by atoms with Crippen LogP contribution in [0.5, 0.6) is 0 Å². The van der Waals surface area contributed by atoms with Crippen LogP contribution in [-0.2, 0) is 36.8 Å². The van der Waals surface area contributed by atoms with Crippen molar-refractivity contribution in [2.75, 3.05) is 72.1 Å². The van der Waals surface area contributed by atoms with Crippen molar-refractivity contribution in [2.24, 2.45) is 19.8 Å². The summed E-state index contributed by atoms with van der Waals surface area (Å²) in [6.07, 6.45) is 0.914. The highest BCUT2D eigenvalue weighted by atomic mass is 16.7. The number of hydrogen-bond acceptors (Lipinski definition) is 15. The first-order chi connectivity index (χ1) is 41.1. The van der Waals surface area contributed by atoms with Crippen LogP contribution < -0.4 is 64.2 Å². The molecule has 0 aliphatic carbocycles. The lowest BCUT2D eigenvalue weighted by atomic mass is 10.2. The molecule has 3 aliphatic heterocycles. The molecular weight excluding hydrogens is 1100 g/mol. The molecule has 7 N–H and O–H groups in total. The third-order valence-corrected chi connectivity index (χ3v) is 13.6. The minimum atomic E-state index is -1.54. The van der Waals surface area contributed by atoms with Gasteiger partial charge in [-0.15, -0.1) is 9.46 Å². The molecule has 7 heterocycles. The number of carbonyl (C=O) groups is 7. The van der Waals surface area contributed by atoms with Crippen LogP contribution >= 0.6 is 0 Å². The highest BCUT2D eigenvalue weighted by Crippen LogP contribution is 2.12. The Kier molecular flexibility index (Phi) is 22.8. The molecule has 1 unspecified atom stereocenters. The number of rotatable bonds is 14. The second-order valence-electron chi connectivity index (χ2n) is 19.5. The van der Waals surface area contributed by atoms with E-state index in [2.05, 4.69) is 26.6 Å². The Morgan fingerprint density at radius 2 is 1.06 bits per heavy atom. The van der Waals surface area contributed by atoms with Gasteiger partial charge in [0.1, 0.15) is 53.2 Å². The Morgan fingerprint density at radius 3 is 1.66 bits per heavy atom. The van der Waals surface area contributed by atoms with Gasteiger partial charge in [0.2, 0.25) is 5.91 Å². The molecule has 9 rings (SSSR count). The Labute approximate surface area is 487 Å². The number of pyridine rings is 4. The first kappa shape index (κ1) is 62.6. The molecule has 26 heteroatoms. The van der Waals surface area contributed by atoms with Gasteiger partial charge in [0.25, 0.3) is 57.7 Å². The molecule has 7 amide bonds. The summed E-state index contributed by atoms with van der Waals surface area (Å²) in [4.78, 5) is 167. The smallest absolute Gasteiger partial charge is 0.296 e. The van der Waals surface area contributed by atoms with Crippen molar-refractivity contribution in [2.45, 2.75) is 44.9 Å². The average molecular weight is 1170 g/mol. The van der Waals surface area contributed by atoms with Gasteiger partial charge in [0.15, 0.2) is 0 Å². The fraction of sp³-hybridized carbons (Fsp3) is 0.339. The molecule has 0 saturated carbocycles. The maximum absolute atomic E-state index is 14.5. The Morgan fingerprint density at radius 1 is 0.529 bits per heavy atom. The lowest BCUT2D eigenvalue weighted by Crippen LogP contribution is -2.54. The highest BCUT2D eigenvalue weighted by Gasteiger charge is 2.28. The third-order valence-electron chi connectivity index (χ3n) is 13.6. The van der Waals surface area contributed by atoms with Crippen molar-refractivity contribution in [3.8, 4) is 0 Å². The molecule has 2 aromatic carbocycles. The molecular formula is C59H68N12O14. The monoisotopic (exact) mass is 1170 g/mol. The molecule has 4 aromatic heterocycles. The molecule has 0 fully saturated rings. The van der Waals surface area contributed by atoms with Gasteiger partial charge in [0.05, 0.1) is 13.2 Å². The zero-order chi connectivity index (χ0) is 60.8. The zero-order valence-electron chi connectivity index (χ0n) is 47.1. The van der Waals surface area contributed by atoms with E-state index in [1.165, 1.54) is 70.9 Å². The van der Waals surface area contributed by atoms with Gasteiger partial charge in [-0.2, -0.15) is 0 Å². The lowest BCUT2D eigenvalue weighted by Gasteiger charge is -2.26. The first-order valence-electron chi connectivity index (χ1n) is 27.6. The van der Waals surface area contributed by atoms with Crippen LogP contribution in [0.1, 0.15) is 99.5 Å². The maximum Gasteiger partial charge on any atom is 0.296 e. The number of amides is 7. The first-order valence-corrected chi connectivity index (χ1v) is 27.6. The van der Waals surface area contributed by atoms with E-state index < -0.39 is 87.4 Å². The average Bonchev–Trinajstić information content (AvgIpc) is 3.59. The van der Waals surface area contributed by atoms with E-state index in [9.17, 15) is 52.7 Å². The summed E-state index contributed by atoms with van der Waals surface area (Å²) in [7, 11) is 2.72.